The topological polar surface area (TPSA) is 140 Å². The molecule has 0 atom stereocenters. The van der Waals surface area contributed by atoms with Gasteiger partial charge in [-0.15, -0.1) is 0 Å². The Kier molecular flexibility index (Phi) is 8.12. The lowest BCUT2D eigenvalue weighted by molar-refractivity contribution is -0.384. The maximum Gasteiger partial charge on any atom is 0.330 e. The molecule has 0 aromatic heterocycles. The number of thiocarbonyl (C=S) groups is 1. The summed E-state index contributed by atoms with van der Waals surface area (Å²) in [6.45, 7) is 1.78. The van der Waals surface area contributed by atoms with Crippen molar-refractivity contribution in [2.75, 3.05) is 6.61 Å². The first-order chi connectivity index (χ1) is 12.2. The Morgan fingerprint density at radius 1 is 1.31 bits per heavy atom. The molecular formula is C14H13ClN4O6S. The summed E-state index contributed by atoms with van der Waals surface area (Å²) in [5.41, 5.74) is 3.90. The summed E-state index contributed by atoms with van der Waals surface area (Å²) in [5.74, 6) is -2.17. The molecule has 0 aliphatic carbocycles. The number of nitrogens with one attached hydrogen (secondary N) is 3. The van der Waals surface area contributed by atoms with Crippen LogP contribution in [0.1, 0.15) is 17.3 Å². The molecule has 0 radical (unpaired) electrons. The Bertz CT molecular complexity index is 783. The van der Waals surface area contributed by atoms with Gasteiger partial charge < -0.3 is 4.74 Å². The number of amides is 2. The van der Waals surface area contributed by atoms with Gasteiger partial charge in [0.2, 0.25) is 5.91 Å². The normalized spacial score (nSPS) is 10.1. The minimum Gasteiger partial charge on any atom is -0.463 e. The second-order valence-electron chi connectivity index (χ2n) is 4.41. The van der Waals surface area contributed by atoms with Crippen LogP contribution in [0.4, 0.5) is 5.69 Å². The molecule has 0 aliphatic heterocycles. The van der Waals surface area contributed by atoms with Gasteiger partial charge in [-0.1, -0.05) is 11.6 Å². The lowest BCUT2D eigenvalue weighted by Crippen LogP contribution is -2.48. The predicted octanol–water partition coefficient (Wildman–Crippen LogP) is 1.00. The van der Waals surface area contributed by atoms with Crippen LogP contribution in [-0.4, -0.2) is 34.4 Å². The molecule has 0 saturated heterocycles. The number of rotatable bonds is 5. The Morgan fingerprint density at radius 2 is 2.00 bits per heavy atom. The summed E-state index contributed by atoms with van der Waals surface area (Å²) in [6.07, 6.45) is 1.81. The third kappa shape index (κ3) is 6.83. The third-order valence-electron chi connectivity index (χ3n) is 2.59. The van der Waals surface area contributed by atoms with Crippen LogP contribution in [0.2, 0.25) is 5.02 Å². The van der Waals surface area contributed by atoms with Crippen molar-refractivity contribution in [3.63, 3.8) is 0 Å². The summed E-state index contributed by atoms with van der Waals surface area (Å²) in [7, 11) is 0. The van der Waals surface area contributed by atoms with E-state index in [0.29, 0.717) is 0 Å². The van der Waals surface area contributed by atoms with Crippen LogP contribution in [0.25, 0.3) is 0 Å². The van der Waals surface area contributed by atoms with Gasteiger partial charge in [0.05, 0.1) is 11.5 Å². The van der Waals surface area contributed by atoms with Gasteiger partial charge in [-0.3, -0.25) is 35.9 Å². The van der Waals surface area contributed by atoms with Gasteiger partial charge in [-0.2, -0.15) is 0 Å². The molecule has 26 heavy (non-hydrogen) atoms. The summed E-state index contributed by atoms with van der Waals surface area (Å²) < 4.78 is 4.59. The first-order valence-electron chi connectivity index (χ1n) is 6.94. The first-order valence-corrected chi connectivity index (χ1v) is 7.73. The van der Waals surface area contributed by atoms with Crippen LogP contribution in [0.5, 0.6) is 0 Å². The molecule has 3 N–H and O–H groups in total. The number of hydrogen-bond acceptors (Lipinski definition) is 7. The van der Waals surface area contributed by atoms with Gasteiger partial charge in [-0.05, 0) is 31.3 Å². The molecule has 1 aromatic carbocycles. The quantitative estimate of drug-likeness (QED) is 0.219. The first kappa shape index (κ1) is 21.0. The van der Waals surface area contributed by atoms with Crippen molar-refractivity contribution in [3.05, 3.63) is 51.1 Å². The van der Waals surface area contributed by atoms with E-state index < -0.39 is 28.4 Å². The lowest BCUT2D eigenvalue weighted by atomic mass is 10.2. The van der Waals surface area contributed by atoms with E-state index in [0.717, 1.165) is 18.2 Å². The number of carbonyl (C=O) groups is 3. The van der Waals surface area contributed by atoms with Crippen molar-refractivity contribution in [3.8, 4) is 0 Å². The molecule has 10 nitrogen and oxygen atoms in total. The fraction of sp³-hybridized carbons (Fsp3) is 0.143. The van der Waals surface area contributed by atoms with Crippen molar-refractivity contribution in [2.45, 2.75) is 6.92 Å². The highest BCUT2D eigenvalue weighted by molar-refractivity contribution is 7.80. The minimum atomic E-state index is -0.747. The maximum absolute atomic E-state index is 11.9. The SMILES string of the molecule is CCOC(=O)/C=C/C(=O)NC(=S)NNC(=O)c1ccc(Cl)c([N+](=O)[O-])c1. The van der Waals surface area contributed by atoms with Crippen molar-refractivity contribution in [1.29, 1.82) is 0 Å². The summed E-state index contributed by atoms with van der Waals surface area (Å²) in [6, 6.07) is 3.47. The molecule has 2 amide bonds. The van der Waals surface area contributed by atoms with Crippen molar-refractivity contribution < 1.29 is 24.0 Å². The second-order valence-corrected chi connectivity index (χ2v) is 5.22. The predicted molar refractivity (Wildman–Crippen MR) is 95.2 cm³/mol. The number of nitro groups is 1. The number of hydrazine groups is 1. The zero-order valence-corrected chi connectivity index (χ0v) is 14.8. The number of esters is 1. The summed E-state index contributed by atoms with van der Waals surface area (Å²) >= 11 is 10.4. The van der Waals surface area contributed by atoms with Crippen LogP contribution in [0, 0.1) is 10.1 Å². The van der Waals surface area contributed by atoms with Gasteiger partial charge in [0.15, 0.2) is 5.11 Å². The van der Waals surface area contributed by atoms with E-state index in [9.17, 15) is 24.5 Å². The van der Waals surface area contributed by atoms with E-state index in [1.807, 2.05) is 0 Å². The zero-order chi connectivity index (χ0) is 19.7. The third-order valence-corrected chi connectivity index (χ3v) is 3.11. The number of ether oxygens (including phenoxy) is 1. The molecule has 1 rings (SSSR count). The van der Waals surface area contributed by atoms with Gasteiger partial charge >= 0.3 is 5.97 Å². The lowest BCUT2D eigenvalue weighted by Gasteiger charge is -2.09. The molecule has 0 saturated carbocycles. The van der Waals surface area contributed by atoms with Crippen LogP contribution < -0.4 is 16.2 Å². The highest BCUT2D eigenvalue weighted by atomic mass is 35.5. The standard InChI is InChI=1S/C14H13ClN4O6S/c1-2-25-12(21)6-5-11(20)16-14(26)18-17-13(22)8-3-4-9(15)10(7-8)19(23)24/h3-7H,2H2,1H3,(H,17,22)(H2,16,18,20,26)/b6-5+. The molecule has 0 spiro atoms. The van der Waals surface area contributed by atoms with Crippen molar-refractivity contribution in [1.82, 2.24) is 16.2 Å². The Hall–Kier alpha value is -3.05. The number of halogens is 1. The van der Waals surface area contributed by atoms with E-state index in [1.54, 1.807) is 6.92 Å². The molecule has 12 heteroatoms. The highest BCUT2D eigenvalue weighted by Gasteiger charge is 2.16. The van der Waals surface area contributed by atoms with E-state index in [4.69, 9.17) is 23.8 Å². The van der Waals surface area contributed by atoms with E-state index >= 15 is 0 Å². The van der Waals surface area contributed by atoms with Gasteiger partial charge in [0, 0.05) is 23.8 Å². The van der Waals surface area contributed by atoms with E-state index in [2.05, 4.69) is 20.9 Å². The van der Waals surface area contributed by atoms with Crippen molar-refractivity contribution >= 4 is 52.4 Å². The van der Waals surface area contributed by atoms with Crippen LogP contribution in [0.3, 0.4) is 0 Å². The molecule has 0 unspecified atom stereocenters. The maximum atomic E-state index is 11.9. The second kappa shape index (κ2) is 10.1. The fourth-order valence-electron chi connectivity index (χ4n) is 1.50. The molecule has 0 aliphatic rings. The van der Waals surface area contributed by atoms with Gasteiger partial charge in [-0.25, -0.2) is 4.79 Å². The monoisotopic (exact) mass is 400 g/mol. The van der Waals surface area contributed by atoms with E-state index in [1.165, 1.54) is 12.1 Å². The van der Waals surface area contributed by atoms with Crippen molar-refractivity contribution in [2.24, 2.45) is 0 Å². The molecule has 138 valence electrons. The number of hydrogen-bond donors (Lipinski definition) is 3. The van der Waals surface area contributed by atoms with Crippen LogP contribution in [0.15, 0.2) is 30.4 Å². The zero-order valence-electron chi connectivity index (χ0n) is 13.3. The summed E-state index contributed by atoms with van der Waals surface area (Å²) in [5, 5.41) is 12.6. The Balaban J connectivity index is 2.56. The highest BCUT2D eigenvalue weighted by Crippen LogP contribution is 2.24. The summed E-state index contributed by atoms with van der Waals surface area (Å²) in [4.78, 5) is 44.5. The van der Waals surface area contributed by atoms with E-state index in [-0.39, 0.29) is 22.3 Å². The number of nitro benzene ring substituents is 1. The number of carbonyl (C=O) groups excluding carboxylic acids is 3. The molecule has 0 heterocycles. The smallest absolute Gasteiger partial charge is 0.330 e. The molecular weight excluding hydrogens is 388 g/mol. The number of benzene rings is 1. The molecule has 1 aromatic rings. The Morgan fingerprint density at radius 3 is 2.62 bits per heavy atom. The fourth-order valence-corrected chi connectivity index (χ4v) is 1.84. The average Bonchev–Trinajstić information content (AvgIpc) is 2.58. The Labute approximate surface area is 157 Å². The minimum absolute atomic E-state index is 0.0510. The number of nitrogens with zero attached hydrogens (tertiary/aromatic N) is 1. The van der Waals surface area contributed by atoms with Crippen LogP contribution in [-0.2, 0) is 14.3 Å². The van der Waals surface area contributed by atoms with Crippen LogP contribution >= 0.6 is 23.8 Å². The average molecular weight is 401 g/mol. The largest absolute Gasteiger partial charge is 0.463 e. The van der Waals surface area contributed by atoms with Gasteiger partial charge in [0.1, 0.15) is 5.02 Å². The molecule has 0 bridgehead atoms. The molecule has 0 fully saturated rings. The van der Waals surface area contributed by atoms with Gasteiger partial charge in [0.25, 0.3) is 11.6 Å².